The minimum absolute atomic E-state index is 0.215. The molecule has 1 N–H and O–H groups in total. The number of amides is 1. The monoisotopic (exact) mass is 509 g/mol. The number of ether oxygens (including phenoxy) is 2. The maximum absolute atomic E-state index is 13.4. The number of rotatable bonds is 8. The number of nitrogens with zero attached hydrogens (tertiary/aromatic N) is 3. The normalized spacial score (nSPS) is 14.1. The molecule has 4 rings (SSSR count). The van der Waals surface area contributed by atoms with Crippen molar-refractivity contribution in [3.8, 4) is 22.8 Å². The number of benzene rings is 2. The highest BCUT2D eigenvalue weighted by molar-refractivity contribution is 7.99. The van der Waals surface area contributed by atoms with E-state index in [4.69, 9.17) is 14.6 Å². The molecule has 1 aliphatic heterocycles. The van der Waals surface area contributed by atoms with Gasteiger partial charge in [0.1, 0.15) is 0 Å². The molecule has 188 valence electrons. The fraction of sp³-hybridized carbons (Fsp3) is 0.346. The van der Waals surface area contributed by atoms with Crippen LogP contribution in [0.5, 0.6) is 11.5 Å². The fourth-order valence-corrected chi connectivity index (χ4v) is 5.14. The third-order valence-electron chi connectivity index (χ3n) is 5.82. The number of aromatic nitrogens is 3. The van der Waals surface area contributed by atoms with Crippen LogP contribution in [0.25, 0.3) is 11.3 Å². The Morgan fingerprint density at radius 2 is 1.92 bits per heavy atom. The molecule has 1 atom stereocenters. The van der Waals surface area contributed by atoms with E-state index < -0.39 is 12.1 Å². The summed E-state index contributed by atoms with van der Waals surface area (Å²) in [4.78, 5) is 42.5. The Kier molecular flexibility index (Phi) is 7.73. The molecule has 0 saturated carbocycles. The summed E-state index contributed by atoms with van der Waals surface area (Å²) in [5.74, 6) is 0.712. The summed E-state index contributed by atoms with van der Waals surface area (Å²) in [7, 11) is 1.47. The van der Waals surface area contributed by atoms with Gasteiger partial charge in [-0.25, -0.2) is 4.90 Å². The van der Waals surface area contributed by atoms with Gasteiger partial charge in [0.15, 0.2) is 11.5 Å². The van der Waals surface area contributed by atoms with E-state index in [1.165, 1.54) is 32.7 Å². The van der Waals surface area contributed by atoms with Gasteiger partial charge in [-0.3, -0.25) is 19.4 Å². The van der Waals surface area contributed by atoms with Crippen molar-refractivity contribution in [3.63, 3.8) is 0 Å². The molecule has 1 amide bonds. The van der Waals surface area contributed by atoms with Crippen LogP contribution in [0.4, 0.5) is 5.69 Å². The fourth-order valence-electron chi connectivity index (χ4n) is 4.28. The van der Waals surface area contributed by atoms with Crippen molar-refractivity contribution in [1.82, 2.24) is 10.1 Å². The lowest BCUT2D eigenvalue weighted by Gasteiger charge is -2.31. The van der Waals surface area contributed by atoms with Crippen molar-refractivity contribution in [3.05, 3.63) is 58.4 Å². The van der Waals surface area contributed by atoms with Crippen molar-refractivity contribution >= 4 is 29.3 Å². The molecule has 0 unspecified atom stereocenters. The van der Waals surface area contributed by atoms with Crippen LogP contribution in [-0.2, 0) is 9.59 Å². The molecule has 0 fully saturated rings. The van der Waals surface area contributed by atoms with E-state index in [0.29, 0.717) is 33.4 Å². The summed E-state index contributed by atoms with van der Waals surface area (Å²) in [6, 6.07) is 12.3. The molecular formula is C26H29N4O5S+. The van der Waals surface area contributed by atoms with Gasteiger partial charge in [0.05, 0.1) is 18.4 Å². The first-order valence-corrected chi connectivity index (χ1v) is 12.8. The molecule has 2 heterocycles. The number of thioether (sulfide) groups is 1. The van der Waals surface area contributed by atoms with Crippen molar-refractivity contribution in [1.29, 1.82) is 0 Å². The second kappa shape index (κ2) is 10.9. The number of H-pyrrole nitrogens is 1. The van der Waals surface area contributed by atoms with Crippen molar-refractivity contribution in [2.45, 2.75) is 51.4 Å². The van der Waals surface area contributed by atoms with Crippen LogP contribution >= 0.6 is 11.8 Å². The molecule has 10 heteroatoms. The highest BCUT2D eigenvalue weighted by Crippen LogP contribution is 2.39. The summed E-state index contributed by atoms with van der Waals surface area (Å²) < 4.78 is 12.3. The maximum atomic E-state index is 13.4. The number of methoxy groups -OCH3 is 1. The molecule has 0 spiro atoms. The van der Waals surface area contributed by atoms with Crippen LogP contribution in [0.3, 0.4) is 0 Å². The number of para-hydroxylation sites is 1. The van der Waals surface area contributed by atoms with E-state index >= 15 is 0 Å². The molecule has 9 nitrogen and oxygen atoms in total. The summed E-state index contributed by atoms with van der Waals surface area (Å²) in [6.07, 6.45) is 2.44. The van der Waals surface area contributed by atoms with E-state index in [0.717, 1.165) is 25.0 Å². The molecule has 2 aromatic carbocycles. The molecular weight excluding hydrogens is 480 g/mol. The summed E-state index contributed by atoms with van der Waals surface area (Å²) >= 11 is 1.48. The molecule has 1 aliphatic rings. The number of hydrogen-bond acceptors (Lipinski definition) is 7. The van der Waals surface area contributed by atoms with Gasteiger partial charge in [-0.05, 0) is 41.4 Å². The number of hydrogen-bond donors (Lipinski definition) is 1. The Balaban J connectivity index is 1.91. The summed E-state index contributed by atoms with van der Waals surface area (Å²) in [5.41, 5.74) is 1.93. The number of nitrogens with one attached hydrogen (secondary N) is 1. The van der Waals surface area contributed by atoms with Crippen LogP contribution in [0.2, 0.25) is 0 Å². The van der Waals surface area contributed by atoms with E-state index in [9.17, 15) is 14.4 Å². The van der Waals surface area contributed by atoms with Crippen molar-refractivity contribution in [2.24, 2.45) is 0 Å². The first-order chi connectivity index (χ1) is 17.3. The molecule has 36 heavy (non-hydrogen) atoms. The number of unbranched alkanes of at least 4 members (excludes halogenated alkanes) is 2. The highest BCUT2D eigenvalue weighted by Gasteiger charge is 2.45. The van der Waals surface area contributed by atoms with E-state index in [1.807, 2.05) is 24.3 Å². The standard InChI is InChI=1S/C26H28N4O5S/c1-5-6-9-14-36-26-27-24(33)23-19-10-7-8-11-20(19)29(16(2)31)25(30(23)28-26)18-12-13-21(35-17(3)32)22(15-18)34-4/h7-8,10-13,15,25H,5-6,9,14H2,1-4H3/p+1/t25-/m0/s1. The Hall–Kier alpha value is -3.66. The second-order valence-corrected chi connectivity index (χ2v) is 9.48. The van der Waals surface area contributed by atoms with E-state index in [1.54, 1.807) is 27.8 Å². The predicted molar refractivity (Wildman–Crippen MR) is 136 cm³/mol. The number of esters is 1. The zero-order valence-corrected chi connectivity index (χ0v) is 21.6. The smallest absolute Gasteiger partial charge is 0.325 e. The van der Waals surface area contributed by atoms with Crippen LogP contribution in [0, 0.1) is 0 Å². The third kappa shape index (κ3) is 4.99. The zero-order valence-electron chi connectivity index (χ0n) is 20.7. The minimum atomic E-state index is -0.759. The van der Waals surface area contributed by atoms with Gasteiger partial charge in [0.25, 0.3) is 6.17 Å². The number of aromatic amines is 1. The molecule has 0 bridgehead atoms. The highest BCUT2D eigenvalue weighted by atomic mass is 32.2. The van der Waals surface area contributed by atoms with Gasteiger partial charge in [-0.1, -0.05) is 43.7 Å². The van der Waals surface area contributed by atoms with Crippen LogP contribution < -0.4 is 24.6 Å². The summed E-state index contributed by atoms with van der Waals surface area (Å²) in [5, 5.41) is 5.27. The first-order valence-electron chi connectivity index (χ1n) is 11.8. The molecule has 0 radical (unpaired) electrons. The molecule has 0 aliphatic carbocycles. The van der Waals surface area contributed by atoms with Gasteiger partial charge in [-0.15, -0.1) is 0 Å². The Morgan fingerprint density at radius 3 is 2.61 bits per heavy atom. The predicted octanol–water partition coefficient (Wildman–Crippen LogP) is 3.85. The van der Waals surface area contributed by atoms with Crippen molar-refractivity contribution in [2.75, 3.05) is 17.8 Å². The van der Waals surface area contributed by atoms with Crippen LogP contribution in [0.15, 0.2) is 52.4 Å². The Morgan fingerprint density at radius 1 is 1.14 bits per heavy atom. The van der Waals surface area contributed by atoms with Crippen LogP contribution in [-0.4, -0.2) is 34.8 Å². The van der Waals surface area contributed by atoms with E-state index in [-0.39, 0.29) is 17.2 Å². The SMILES string of the molecule is CCCCCSc1n[n+]2c(c(=O)[nH]1)-c1ccccc1N(C(C)=O)[C@@H]2c1ccc(OC(C)=O)c(OC)c1. The van der Waals surface area contributed by atoms with Gasteiger partial charge in [0, 0.05) is 30.3 Å². The number of carbonyl (C=O) groups excluding carboxylic acids is 2. The minimum Gasteiger partial charge on any atom is -0.493 e. The molecule has 0 saturated heterocycles. The van der Waals surface area contributed by atoms with Crippen molar-refractivity contribution < 1.29 is 23.7 Å². The largest absolute Gasteiger partial charge is 0.493 e. The van der Waals surface area contributed by atoms with Gasteiger partial charge < -0.3 is 9.47 Å². The van der Waals surface area contributed by atoms with E-state index in [2.05, 4.69) is 11.9 Å². The first kappa shape index (κ1) is 25.4. The average molecular weight is 510 g/mol. The molecule has 3 aromatic rings. The Labute approximate surface area is 213 Å². The average Bonchev–Trinajstić information content (AvgIpc) is 2.85. The Bertz CT molecular complexity index is 1360. The second-order valence-electron chi connectivity index (χ2n) is 8.39. The van der Waals surface area contributed by atoms with Gasteiger partial charge in [0.2, 0.25) is 11.1 Å². The van der Waals surface area contributed by atoms with Gasteiger partial charge >= 0.3 is 17.2 Å². The lowest BCUT2D eigenvalue weighted by atomic mass is 10.0. The lowest BCUT2D eigenvalue weighted by Crippen LogP contribution is -2.60. The molecule has 1 aromatic heterocycles. The van der Waals surface area contributed by atoms with Gasteiger partial charge in [-0.2, -0.15) is 0 Å². The number of fused-ring (bicyclic) bond motifs is 3. The maximum Gasteiger partial charge on any atom is 0.325 e. The summed E-state index contributed by atoms with van der Waals surface area (Å²) in [6.45, 7) is 4.93. The zero-order chi connectivity index (χ0) is 25.8. The third-order valence-corrected chi connectivity index (χ3v) is 6.77. The quantitative estimate of drug-likeness (QED) is 0.162. The number of carbonyl (C=O) groups is 2. The topological polar surface area (TPSA) is 105 Å². The lowest BCUT2D eigenvalue weighted by molar-refractivity contribution is -0.763. The van der Waals surface area contributed by atoms with Crippen LogP contribution in [0.1, 0.15) is 51.8 Å². The number of anilines is 1.